The van der Waals surface area contributed by atoms with Crippen LogP contribution >= 0.6 is 11.8 Å². The number of nitro groups is 1. The zero-order valence-electron chi connectivity index (χ0n) is 11.6. The second-order valence-corrected chi connectivity index (χ2v) is 5.33. The van der Waals surface area contributed by atoms with Gasteiger partial charge in [-0.3, -0.25) is 10.1 Å². The third-order valence-electron chi connectivity index (χ3n) is 2.72. The molecule has 0 unspecified atom stereocenters. The maximum absolute atomic E-state index is 13.8. The Kier molecular flexibility index (Phi) is 5.11. The van der Waals surface area contributed by atoms with E-state index in [4.69, 9.17) is 4.74 Å². The van der Waals surface area contributed by atoms with E-state index in [1.807, 2.05) is 0 Å². The van der Waals surface area contributed by atoms with Crippen molar-refractivity contribution in [3.63, 3.8) is 0 Å². The van der Waals surface area contributed by atoms with Gasteiger partial charge in [0.05, 0.1) is 23.2 Å². The number of benzene rings is 2. The summed E-state index contributed by atoms with van der Waals surface area (Å²) >= 11 is 1.12. The van der Waals surface area contributed by atoms with Crippen molar-refractivity contribution in [3.05, 3.63) is 64.0 Å². The number of ether oxygens (including phenoxy) is 1. The van der Waals surface area contributed by atoms with Crippen molar-refractivity contribution in [2.75, 3.05) is 6.61 Å². The lowest BCUT2D eigenvalue weighted by atomic mass is 10.2. The van der Waals surface area contributed by atoms with Crippen LogP contribution in [-0.4, -0.2) is 17.5 Å². The Bertz CT molecular complexity index is 703. The molecular formula is C15H12FNO4S. The van der Waals surface area contributed by atoms with Gasteiger partial charge in [-0.2, -0.15) is 0 Å². The van der Waals surface area contributed by atoms with Crippen LogP contribution in [0.3, 0.4) is 0 Å². The zero-order valence-corrected chi connectivity index (χ0v) is 12.4. The van der Waals surface area contributed by atoms with Gasteiger partial charge in [0.25, 0.3) is 5.69 Å². The van der Waals surface area contributed by atoms with Crippen LogP contribution in [0.2, 0.25) is 0 Å². The van der Waals surface area contributed by atoms with Crippen LogP contribution in [0.1, 0.15) is 17.3 Å². The first-order valence-electron chi connectivity index (χ1n) is 6.40. The molecule has 0 spiro atoms. The summed E-state index contributed by atoms with van der Waals surface area (Å²) in [6.07, 6.45) is 0. The number of hydrogen-bond donors (Lipinski definition) is 0. The van der Waals surface area contributed by atoms with Gasteiger partial charge in [-0.1, -0.05) is 11.8 Å². The zero-order chi connectivity index (χ0) is 16.1. The number of nitro benzene ring substituents is 1. The Labute approximate surface area is 130 Å². The van der Waals surface area contributed by atoms with Crippen molar-refractivity contribution in [2.45, 2.75) is 16.7 Å². The standard InChI is InChI=1S/C15H12FNO4S/c1-2-21-15(18)10-3-6-12(7-4-10)22-14-8-5-11(17(19)20)9-13(14)16/h3-9H,2H2,1H3. The highest BCUT2D eigenvalue weighted by Crippen LogP contribution is 2.31. The van der Waals surface area contributed by atoms with E-state index in [0.29, 0.717) is 17.1 Å². The Hall–Kier alpha value is -2.41. The fourth-order valence-electron chi connectivity index (χ4n) is 1.69. The Morgan fingerprint density at radius 2 is 1.95 bits per heavy atom. The average molecular weight is 321 g/mol. The number of rotatable bonds is 5. The molecule has 0 bridgehead atoms. The van der Waals surface area contributed by atoms with E-state index in [-0.39, 0.29) is 10.6 Å². The first-order chi connectivity index (χ1) is 10.5. The highest BCUT2D eigenvalue weighted by molar-refractivity contribution is 7.99. The summed E-state index contributed by atoms with van der Waals surface area (Å²) in [6, 6.07) is 9.99. The van der Waals surface area contributed by atoms with Gasteiger partial charge in [0.1, 0.15) is 5.82 Å². The molecule has 0 aliphatic heterocycles. The van der Waals surface area contributed by atoms with E-state index in [2.05, 4.69) is 0 Å². The molecule has 7 heteroatoms. The smallest absolute Gasteiger partial charge is 0.338 e. The number of hydrogen-bond acceptors (Lipinski definition) is 5. The molecule has 0 N–H and O–H groups in total. The van der Waals surface area contributed by atoms with Crippen LogP contribution in [-0.2, 0) is 4.74 Å². The van der Waals surface area contributed by atoms with Gasteiger partial charge in [-0.15, -0.1) is 0 Å². The van der Waals surface area contributed by atoms with E-state index in [0.717, 1.165) is 17.8 Å². The third kappa shape index (κ3) is 3.82. The van der Waals surface area contributed by atoms with Gasteiger partial charge >= 0.3 is 5.97 Å². The first-order valence-corrected chi connectivity index (χ1v) is 7.22. The minimum atomic E-state index is -0.659. The molecule has 2 aromatic rings. The predicted octanol–water partition coefficient (Wildman–Crippen LogP) is 4.06. The fraction of sp³-hybridized carbons (Fsp3) is 0.133. The van der Waals surface area contributed by atoms with Gasteiger partial charge in [0, 0.05) is 15.9 Å². The monoisotopic (exact) mass is 321 g/mol. The molecule has 114 valence electrons. The van der Waals surface area contributed by atoms with E-state index < -0.39 is 16.7 Å². The molecule has 0 aliphatic carbocycles. The van der Waals surface area contributed by atoms with Crippen molar-refractivity contribution >= 4 is 23.4 Å². The van der Waals surface area contributed by atoms with E-state index >= 15 is 0 Å². The van der Waals surface area contributed by atoms with Gasteiger partial charge in [-0.05, 0) is 37.3 Å². The lowest BCUT2D eigenvalue weighted by molar-refractivity contribution is -0.385. The van der Waals surface area contributed by atoms with Crippen molar-refractivity contribution < 1.29 is 18.8 Å². The van der Waals surface area contributed by atoms with Gasteiger partial charge in [0.15, 0.2) is 0 Å². The fourth-order valence-corrected chi connectivity index (χ4v) is 2.51. The van der Waals surface area contributed by atoms with E-state index in [1.54, 1.807) is 31.2 Å². The molecule has 0 aliphatic rings. The number of carbonyl (C=O) groups excluding carboxylic acids is 1. The second-order valence-electron chi connectivity index (χ2n) is 4.22. The van der Waals surface area contributed by atoms with Crippen LogP contribution in [0.5, 0.6) is 0 Å². The summed E-state index contributed by atoms with van der Waals surface area (Å²) in [4.78, 5) is 22.4. The summed E-state index contributed by atoms with van der Waals surface area (Å²) in [6.45, 7) is 2.02. The molecule has 0 amide bonds. The van der Waals surface area contributed by atoms with E-state index in [9.17, 15) is 19.3 Å². The maximum atomic E-state index is 13.8. The average Bonchev–Trinajstić information content (AvgIpc) is 2.50. The maximum Gasteiger partial charge on any atom is 0.338 e. The van der Waals surface area contributed by atoms with Crippen molar-refractivity contribution in [3.8, 4) is 0 Å². The molecule has 2 aromatic carbocycles. The predicted molar refractivity (Wildman–Crippen MR) is 79.6 cm³/mol. The molecule has 0 atom stereocenters. The molecule has 22 heavy (non-hydrogen) atoms. The van der Waals surface area contributed by atoms with Crippen molar-refractivity contribution in [2.24, 2.45) is 0 Å². The number of halogens is 1. The highest BCUT2D eigenvalue weighted by atomic mass is 32.2. The summed E-state index contributed by atoms with van der Waals surface area (Å²) < 4.78 is 18.7. The Morgan fingerprint density at radius 1 is 1.27 bits per heavy atom. The molecule has 5 nitrogen and oxygen atoms in total. The number of esters is 1. The minimum Gasteiger partial charge on any atom is -0.462 e. The summed E-state index contributed by atoms with van der Waals surface area (Å²) in [5, 5.41) is 10.6. The van der Waals surface area contributed by atoms with E-state index in [1.165, 1.54) is 12.1 Å². The topological polar surface area (TPSA) is 69.4 Å². The second kappa shape index (κ2) is 7.04. The summed E-state index contributed by atoms with van der Waals surface area (Å²) in [7, 11) is 0. The van der Waals surface area contributed by atoms with Gasteiger partial charge in [0.2, 0.25) is 0 Å². The van der Waals surface area contributed by atoms with Gasteiger partial charge in [-0.25, -0.2) is 9.18 Å². The lowest BCUT2D eigenvalue weighted by Gasteiger charge is -2.05. The van der Waals surface area contributed by atoms with Gasteiger partial charge < -0.3 is 4.74 Å². The van der Waals surface area contributed by atoms with Crippen LogP contribution in [0.15, 0.2) is 52.3 Å². The quantitative estimate of drug-likeness (QED) is 0.472. The highest BCUT2D eigenvalue weighted by Gasteiger charge is 2.12. The van der Waals surface area contributed by atoms with Crippen LogP contribution in [0.25, 0.3) is 0 Å². The largest absolute Gasteiger partial charge is 0.462 e. The molecular weight excluding hydrogens is 309 g/mol. The Morgan fingerprint density at radius 3 is 2.50 bits per heavy atom. The molecule has 0 saturated heterocycles. The molecule has 2 rings (SSSR count). The lowest BCUT2D eigenvalue weighted by Crippen LogP contribution is -2.03. The number of nitrogens with zero attached hydrogens (tertiary/aromatic N) is 1. The third-order valence-corrected chi connectivity index (χ3v) is 3.78. The number of non-ortho nitro benzene ring substituents is 1. The summed E-state index contributed by atoms with van der Waals surface area (Å²) in [5.41, 5.74) is 0.120. The minimum absolute atomic E-state index is 0.273. The van der Waals surface area contributed by atoms with Crippen molar-refractivity contribution in [1.29, 1.82) is 0 Å². The number of carbonyl (C=O) groups is 1. The van der Waals surface area contributed by atoms with Crippen LogP contribution in [0.4, 0.5) is 10.1 Å². The molecule has 0 aromatic heterocycles. The summed E-state index contributed by atoms with van der Waals surface area (Å²) in [5.74, 6) is -1.07. The normalized spacial score (nSPS) is 10.3. The molecule has 0 radical (unpaired) electrons. The molecule has 0 saturated carbocycles. The Balaban J connectivity index is 2.14. The van der Waals surface area contributed by atoms with Crippen LogP contribution < -0.4 is 0 Å². The molecule has 0 fully saturated rings. The van der Waals surface area contributed by atoms with Crippen molar-refractivity contribution in [1.82, 2.24) is 0 Å². The first kappa shape index (κ1) is 16.0. The molecule has 0 heterocycles. The SMILES string of the molecule is CCOC(=O)c1ccc(Sc2ccc([N+](=O)[O-])cc2F)cc1. The van der Waals surface area contributed by atoms with Crippen LogP contribution in [0, 0.1) is 15.9 Å².